The predicted octanol–water partition coefficient (Wildman–Crippen LogP) is 3.08. The van der Waals surface area contributed by atoms with E-state index in [4.69, 9.17) is 28.5 Å². The standard InChI is InChI=1S/C30H34N10O10S2/c1-45-29-35-25(33-27(37-29)39-9-13-47-14-10-39)31-21-7-5-19(23(17-21)51-50-49-41)3-4-20-6-8-22(18-24(20)52(42,43)44)32-26-34-28(38-30(36-26)46-2)40-11-15-48-16-12-40/h3-8,17-18,41H,9-16H2,1-2H3,(H,42,43,44)(H,31,33,35,37)(H,32,34,36,38)/b4-3+. The minimum atomic E-state index is -4.70. The van der Waals surface area contributed by atoms with Gasteiger partial charge in [0.15, 0.2) is 0 Å². The maximum Gasteiger partial charge on any atom is 0.322 e. The van der Waals surface area contributed by atoms with E-state index in [2.05, 4.69) is 45.6 Å². The second-order valence-corrected chi connectivity index (χ2v) is 13.0. The monoisotopic (exact) mass is 758 g/mol. The van der Waals surface area contributed by atoms with Gasteiger partial charge in [0.2, 0.25) is 23.8 Å². The number of nitrogens with one attached hydrogen (secondary N) is 2. The van der Waals surface area contributed by atoms with Crippen LogP contribution >= 0.6 is 12.0 Å². The Morgan fingerprint density at radius 1 is 0.750 bits per heavy atom. The zero-order valence-corrected chi connectivity index (χ0v) is 29.5. The second-order valence-electron chi connectivity index (χ2n) is 10.9. The molecule has 2 aliphatic heterocycles. The molecule has 2 aromatic heterocycles. The third kappa shape index (κ3) is 9.48. The molecule has 0 unspecified atom stereocenters. The molecule has 2 saturated heterocycles. The highest BCUT2D eigenvalue weighted by molar-refractivity contribution is 7.94. The third-order valence-electron chi connectivity index (χ3n) is 7.57. The summed E-state index contributed by atoms with van der Waals surface area (Å²) in [6.07, 6.45) is 3.09. The predicted molar refractivity (Wildman–Crippen MR) is 188 cm³/mol. The van der Waals surface area contributed by atoms with E-state index >= 15 is 0 Å². The van der Waals surface area contributed by atoms with Crippen molar-refractivity contribution in [2.75, 3.05) is 87.3 Å². The minimum absolute atomic E-state index is 0.0600. The highest BCUT2D eigenvalue weighted by Gasteiger charge is 2.20. The molecule has 0 spiro atoms. The first kappa shape index (κ1) is 36.8. The molecule has 2 aliphatic rings. The molecule has 0 radical (unpaired) electrons. The zero-order chi connectivity index (χ0) is 36.5. The van der Waals surface area contributed by atoms with Gasteiger partial charge in [0, 0.05) is 42.4 Å². The Morgan fingerprint density at radius 2 is 1.25 bits per heavy atom. The molecule has 276 valence electrons. The summed E-state index contributed by atoms with van der Waals surface area (Å²) in [4.78, 5) is 30.1. The van der Waals surface area contributed by atoms with Gasteiger partial charge in [-0.15, -0.1) is 4.33 Å². The van der Waals surface area contributed by atoms with Gasteiger partial charge in [-0.05, 0) is 35.4 Å². The van der Waals surface area contributed by atoms with Crippen LogP contribution < -0.4 is 29.9 Å². The van der Waals surface area contributed by atoms with Crippen molar-refractivity contribution in [3.63, 3.8) is 0 Å². The number of methoxy groups -OCH3 is 2. The van der Waals surface area contributed by atoms with E-state index in [9.17, 15) is 13.0 Å². The lowest BCUT2D eigenvalue weighted by molar-refractivity contribution is -0.432. The fourth-order valence-electron chi connectivity index (χ4n) is 5.08. The van der Waals surface area contributed by atoms with Gasteiger partial charge in [-0.25, -0.2) is 5.26 Å². The Morgan fingerprint density at radius 3 is 1.75 bits per heavy atom. The van der Waals surface area contributed by atoms with Gasteiger partial charge in [0.05, 0.1) is 52.7 Å². The van der Waals surface area contributed by atoms with Gasteiger partial charge in [0.25, 0.3) is 10.1 Å². The molecule has 0 amide bonds. The Hall–Kier alpha value is -4.94. The Kier molecular flexibility index (Phi) is 12.1. The normalized spacial score (nSPS) is 15.2. The van der Waals surface area contributed by atoms with Crippen LogP contribution in [0.3, 0.4) is 0 Å². The van der Waals surface area contributed by atoms with E-state index < -0.39 is 10.1 Å². The van der Waals surface area contributed by atoms with Crippen LogP contribution in [-0.2, 0) is 29.0 Å². The number of rotatable bonds is 14. The molecule has 4 aromatic rings. The van der Waals surface area contributed by atoms with Crippen molar-refractivity contribution >= 4 is 69.5 Å². The Bertz CT molecular complexity index is 2000. The molecular formula is C30H34N10O10S2. The fraction of sp³-hybridized carbons (Fsp3) is 0.333. The summed E-state index contributed by atoms with van der Waals surface area (Å²) in [5.74, 6) is 1.10. The number of anilines is 6. The van der Waals surface area contributed by atoms with Crippen molar-refractivity contribution in [3.05, 3.63) is 47.5 Å². The van der Waals surface area contributed by atoms with Gasteiger partial charge in [-0.2, -0.15) is 38.3 Å². The van der Waals surface area contributed by atoms with Gasteiger partial charge in [-0.3, -0.25) is 4.55 Å². The van der Waals surface area contributed by atoms with Crippen molar-refractivity contribution in [1.82, 2.24) is 29.9 Å². The van der Waals surface area contributed by atoms with Crippen molar-refractivity contribution in [2.45, 2.75) is 9.79 Å². The van der Waals surface area contributed by atoms with E-state index in [1.807, 2.05) is 9.80 Å². The summed E-state index contributed by atoms with van der Waals surface area (Å²) in [7, 11) is -1.82. The number of ether oxygens (including phenoxy) is 4. The smallest absolute Gasteiger partial charge is 0.322 e. The number of benzene rings is 2. The summed E-state index contributed by atoms with van der Waals surface area (Å²) >= 11 is 0.687. The van der Waals surface area contributed by atoms with Crippen LogP contribution in [0.1, 0.15) is 11.1 Å². The van der Waals surface area contributed by atoms with Crippen LogP contribution in [0.2, 0.25) is 0 Å². The van der Waals surface area contributed by atoms with Gasteiger partial charge < -0.3 is 39.4 Å². The van der Waals surface area contributed by atoms with E-state index in [1.54, 1.807) is 30.3 Å². The number of aromatic nitrogens is 6. The number of morpholine rings is 2. The van der Waals surface area contributed by atoms with Crippen molar-refractivity contribution in [3.8, 4) is 12.0 Å². The van der Waals surface area contributed by atoms with Crippen LogP contribution in [0.5, 0.6) is 12.0 Å². The molecule has 22 heteroatoms. The van der Waals surface area contributed by atoms with E-state index in [-0.39, 0.29) is 40.1 Å². The highest BCUT2D eigenvalue weighted by atomic mass is 32.2. The maximum absolute atomic E-state index is 12.5. The summed E-state index contributed by atoms with van der Waals surface area (Å²) in [5.41, 5.74) is 1.51. The molecule has 2 fully saturated rings. The zero-order valence-electron chi connectivity index (χ0n) is 27.8. The van der Waals surface area contributed by atoms with Crippen LogP contribution in [0.25, 0.3) is 12.2 Å². The molecule has 52 heavy (non-hydrogen) atoms. The molecule has 4 heterocycles. The molecule has 4 N–H and O–H groups in total. The molecule has 2 aromatic carbocycles. The molecule has 0 aliphatic carbocycles. The molecule has 0 bridgehead atoms. The van der Waals surface area contributed by atoms with Crippen molar-refractivity contribution in [2.24, 2.45) is 0 Å². The number of hydrogen-bond acceptors (Lipinski definition) is 20. The van der Waals surface area contributed by atoms with Crippen LogP contribution in [0.15, 0.2) is 46.2 Å². The molecular weight excluding hydrogens is 725 g/mol. The lowest BCUT2D eigenvalue weighted by atomic mass is 10.1. The third-order valence-corrected chi connectivity index (χ3v) is 9.14. The number of hydrogen-bond donors (Lipinski definition) is 4. The van der Waals surface area contributed by atoms with Crippen LogP contribution in [0.4, 0.5) is 35.2 Å². The van der Waals surface area contributed by atoms with Gasteiger partial charge in [0.1, 0.15) is 4.90 Å². The van der Waals surface area contributed by atoms with Crippen LogP contribution in [-0.4, -0.2) is 115 Å². The average molecular weight is 759 g/mol. The summed E-state index contributed by atoms with van der Waals surface area (Å²) in [5, 5.41) is 18.8. The first-order chi connectivity index (χ1) is 25.2. The van der Waals surface area contributed by atoms with Crippen molar-refractivity contribution in [1.29, 1.82) is 0 Å². The molecule has 0 saturated carbocycles. The largest absolute Gasteiger partial charge is 0.467 e. The quantitative estimate of drug-likeness (QED) is 0.0475. The van der Waals surface area contributed by atoms with Crippen LogP contribution in [0, 0.1) is 0 Å². The van der Waals surface area contributed by atoms with E-state index in [0.29, 0.717) is 92.7 Å². The average Bonchev–Trinajstić information content (AvgIpc) is 3.17. The van der Waals surface area contributed by atoms with E-state index in [0.717, 1.165) is 0 Å². The summed E-state index contributed by atoms with van der Waals surface area (Å²) in [6.45, 7) is 4.47. The summed E-state index contributed by atoms with van der Waals surface area (Å²) < 4.78 is 61.3. The Labute approximate surface area is 302 Å². The minimum Gasteiger partial charge on any atom is -0.467 e. The first-order valence-corrected chi connectivity index (χ1v) is 17.8. The van der Waals surface area contributed by atoms with Crippen molar-refractivity contribution < 1.29 is 46.5 Å². The van der Waals surface area contributed by atoms with Gasteiger partial charge in [-0.1, -0.05) is 29.3 Å². The van der Waals surface area contributed by atoms with Gasteiger partial charge >= 0.3 is 12.0 Å². The maximum atomic E-state index is 12.5. The lowest BCUT2D eigenvalue weighted by Crippen LogP contribution is -2.37. The highest BCUT2D eigenvalue weighted by Crippen LogP contribution is 2.32. The lowest BCUT2D eigenvalue weighted by Gasteiger charge is -2.26. The Balaban J connectivity index is 1.25. The molecule has 6 rings (SSSR count). The summed E-state index contributed by atoms with van der Waals surface area (Å²) in [6, 6.07) is 9.61. The number of nitrogens with zero attached hydrogens (tertiary/aromatic N) is 8. The molecule has 20 nitrogen and oxygen atoms in total. The topological polar surface area (TPSA) is 238 Å². The first-order valence-electron chi connectivity index (χ1n) is 15.6. The second kappa shape index (κ2) is 17.1. The molecule has 0 atom stereocenters. The van der Waals surface area contributed by atoms with E-state index in [1.165, 1.54) is 32.4 Å². The SMILES string of the molecule is COc1nc(Nc2ccc(/C=C/c3ccc(Nc4nc(OC)nc(N5CCOCC5)n4)cc3S(=O)(=O)O)c(SOOO)c2)nc(N2CCOCC2)n1. The fourth-order valence-corrected chi connectivity index (χ4v) is 6.30.